The number of aliphatic hydroxyl groups is 1. The van der Waals surface area contributed by atoms with E-state index in [-0.39, 0.29) is 0 Å². The maximum atomic E-state index is 9.99. The third-order valence-electron chi connectivity index (χ3n) is 2.69. The Morgan fingerprint density at radius 1 is 1.67 bits per heavy atom. The molecule has 0 radical (unpaired) electrons. The molecule has 1 aliphatic carbocycles. The average Bonchev–Trinajstić information content (AvgIpc) is 2.61. The number of aryl methyl sites for hydroxylation is 1. The van der Waals surface area contributed by atoms with Crippen LogP contribution in [-0.4, -0.2) is 10.1 Å². The summed E-state index contributed by atoms with van der Waals surface area (Å²) in [5, 5.41) is 9.99. The highest BCUT2D eigenvalue weighted by Gasteiger charge is 2.52. The lowest BCUT2D eigenvalue weighted by Gasteiger charge is -2.10. The number of hydrogen-bond acceptors (Lipinski definition) is 2. The summed E-state index contributed by atoms with van der Waals surface area (Å²) in [6.45, 7) is 4.04. The molecule has 64 valence electrons. The van der Waals surface area contributed by atoms with Crippen molar-refractivity contribution in [1.29, 1.82) is 0 Å². The Bertz CT molecular complexity index is 310. The zero-order valence-corrected chi connectivity index (χ0v) is 7.41. The zero-order chi connectivity index (χ0) is 8.77. The molecule has 0 aromatic carbocycles. The minimum atomic E-state index is -0.620. The predicted molar refractivity (Wildman–Crippen MR) is 46.7 cm³/mol. The fourth-order valence-corrected chi connectivity index (χ4v) is 1.68. The second-order valence-corrected chi connectivity index (χ2v) is 3.70. The first-order chi connectivity index (χ1) is 5.64. The van der Waals surface area contributed by atoms with Crippen LogP contribution in [0, 0.1) is 12.8 Å². The van der Waals surface area contributed by atoms with Crippen molar-refractivity contribution in [2.24, 2.45) is 5.92 Å². The lowest BCUT2D eigenvalue weighted by molar-refractivity contribution is 0.129. The van der Waals surface area contributed by atoms with Gasteiger partial charge in [-0.25, -0.2) is 0 Å². The van der Waals surface area contributed by atoms with E-state index in [0.717, 1.165) is 17.7 Å². The smallest absolute Gasteiger partial charge is 0.110 e. The minimum absolute atomic E-state index is 0.367. The standard InChI is InChI=1S/C10H13NO/c1-7-4-3-5-11-9(7)10(12)6-8(10)2/h3-5,8,12H,6H2,1-2H3. The third-order valence-corrected chi connectivity index (χ3v) is 2.69. The summed E-state index contributed by atoms with van der Waals surface area (Å²) in [4.78, 5) is 4.21. The van der Waals surface area contributed by atoms with Crippen LogP contribution in [0.5, 0.6) is 0 Å². The third kappa shape index (κ3) is 0.950. The molecule has 0 bridgehead atoms. The summed E-state index contributed by atoms with van der Waals surface area (Å²) in [6, 6.07) is 3.89. The van der Waals surface area contributed by atoms with E-state index < -0.39 is 5.60 Å². The first kappa shape index (κ1) is 7.74. The first-order valence-corrected chi connectivity index (χ1v) is 4.29. The maximum Gasteiger partial charge on any atom is 0.110 e. The molecule has 1 aliphatic rings. The summed E-state index contributed by atoms with van der Waals surface area (Å²) in [6.07, 6.45) is 2.59. The predicted octanol–water partition coefficient (Wildman–Crippen LogP) is 1.62. The molecule has 1 saturated carbocycles. The van der Waals surface area contributed by atoms with Gasteiger partial charge in [-0.3, -0.25) is 4.98 Å². The topological polar surface area (TPSA) is 33.1 Å². The van der Waals surface area contributed by atoms with E-state index in [2.05, 4.69) is 4.98 Å². The molecule has 1 aromatic heterocycles. The number of rotatable bonds is 1. The first-order valence-electron chi connectivity index (χ1n) is 4.29. The van der Waals surface area contributed by atoms with Gasteiger partial charge in [0.05, 0.1) is 5.69 Å². The summed E-state index contributed by atoms with van der Waals surface area (Å²) in [5.41, 5.74) is 1.33. The quantitative estimate of drug-likeness (QED) is 0.682. The summed E-state index contributed by atoms with van der Waals surface area (Å²) < 4.78 is 0. The van der Waals surface area contributed by atoms with Crippen LogP contribution in [0.15, 0.2) is 18.3 Å². The summed E-state index contributed by atoms with van der Waals surface area (Å²) >= 11 is 0. The lowest BCUT2D eigenvalue weighted by atomic mass is 10.1. The molecule has 1 aromatic rings. The molecular weight excluding hydrogens is 150 g/mol. The molecular formula is C10H13NO. The van der Waals surface area contributed by atoms with Crippen LogP contribution in [0.3, 0.4) is 0 Å². The fourth-order valence-electron chi connectivity index (χ4n) is 1.68. The highest BCUT2D eigenvalue weighted by atomic mass is 16.3. The van der Waals surface area contributed by atoms with Crippen LogP contribution in [0.2, 0.25) is 0 Å². The SMILES string of the molecule is Cc1cccnc1C1(O)CC1C. The van der Waals surface area contributed by atoms with E-state index >= 15 is 0 Å². The normalized spacial score (nSPS) is 33.4. The molecule has 2 nitrogen and oxygen atoms in total. The molecule has 1 N–H and O–H groups in total. The monoisotopic (exact) mass is 163 g/mol. The maximum absolute atomic E-state index is 9.99. The van der Waals surface area contributed by atoms with Crippen molar-refractivity contribution in [2.75, 3.05) is 0 Å². The van der Waals surface area contributed by atoms with Crippen molar-refractivity contribution in [3.05, 3.63) is 29.6 Å². The van der Waals surface area contributed by atoms with Crippen molar-refractivity contribution in [3.63, 3.8) is 0 Å². The van der Waals surface area contributed by atoms with Gasteiger partial charge in [0, 0.05) is 6.20 Å². The van der Waals surface area contributed by atoms with E-state index in [1.54, 1.807) is 6.20 Å². The van der Waals surface area contributed by atoms with Crippen LogP contribution in [-0.2, 0) is 5.60 Å². The van der Waals surface area contributed by atoms with E-state index in [1.807, 2.05) is 26.0 Å². The molecule has 0 saturated heterocycles. The Kier molecular flexibility index (Phi) is 1.48. The van der Waals surface area contributed by atoms with Gasteiger partial charge in [-0.1, -0.05) is 13.0 Å². The minimum Gasteiger partial charge on any atom is -0.383 e. The van der Waals surface area contributed by atoms with Gasteiger partial charge in [-0.05, 0) is 30.9 Å². The van der Waals surface area contributed by atoms with Gasteiger partial charge in [-0.15, -0.1) is 0 Å². The van der Waals surface area contributed by atoms with Gasteiger partial charge in [0.2, 0.25) is 0 Å². The Hall–Kier alpha value is -0.890. The molecule has 0 aliphatic heterocycles. The van der Waals surface area contributed by atoms with E-state index in [0.29, 0.717) is 5.92 Å². The van der Waals surface area contributed by atoms with Gasteiger partial charge in [0.15, 0.2) is 0 Å². The highest BCUT2D eigenvalue weighted by molar-refractivity contribution is 5.29. The van der Waals surface area contributed by atoms with Crippen LogP contribution in [0.25, 0.3) is 0 Å². The van der Waals surface area contributed by atoms with Gasteiger partial charge >= 0.3 is 0 Å². The van der Waals surface area contributed by atoms with E-state index in [4.69, 9.17) is 0 Å². The van der Waals surface area contributed by atoms with Gasteiger partial charge < -0.3 is 5.11 Å². The second-order valence-electron chi connectivity index (χ2n) is 3.70. The van der Waals surface area contributed by atoms with Gasteiger partial charge in [0.25, 0.3) is 0 Å². The Labute approximate surface area is 72.3 Å². The van der Waals surface area contributed by atoms with Crippen molar-refractivity contribution < 1.29 is 5.11 Å². The largest absolute Gasteiger partial charge is 0.383 e. The zero-order valence-electron chi connectivity index (χ0n) is 7.41. The van der Waals surface area contributed by atoms with Crippen molar-refractivity contribution in [1.82, 2.24) is 4.98 Å². The second kappa shape index (κ2) is 2.30. The Morgan fingerprint density at radius 3 is 2.83 bits per heavy atom. The molecule has 2 atom stereocenters. The van der Waals surface area contributed by atoms with Crippen molar-refractivity contribution in [3.8, 4) is 0 Å². The Morgan fingerprint density at radius 2 is 2.33 bits per heavy atom. The van der Waals surface area contributed by atoms with E-state index in [1.165, 1.54) is 0 Å². The molecule has 2 unspecified atom stereocenters. The number of aromatic nitrogens is 1. The van der Waals surface area contributed by atoms with Gasteiger partial charge in [-0.2, -0.15) is 0 Å². The molecule has 2 rings (SSSR count). The molecule has 0 amide bonds. The number of nitrogens with zero attached hydrogens (tertiary/aromatic N) is 1. The fraction of sp³-hybridized carbons (Fsp3) is 0.500. The summed E-state index contributed by atoms with van der Waals surface area (Å²) in [7, 11) is 0. The number of hydrogen-bond donors (Lipinski definition) is 1. The molecule has 2 heteroatoms. The Balaban J connectivity index is 2.41. The molecule has 1 fully saturated rings. The van der Waals surface area contributed by atoms with Crippen molar-refractivity contribution in [2.45, 2.75) is 25.9 Å². The van der Waals surface area contributed by atoms with Crippen molar-refractivity contribution >= 4 is 0 Å². The summed E-state index contributed by atoms with van der Waals surface area (Å²) in [5.74, 6) is 0.367. The van der Waals surface area contributed by atoms with Crippen LogP contribution in [0.4, 0.5) is 0 Å². The number of pyridine rings is 1. The van der Waals surface area contributed by atoms with E-state index in [9.17, 15) is 5.11 Å². The van der Waals surface area contributed by atoms with Crippen LogP contribution in [0.1, 0.15) is 24.6 Å². The van der Waals surface area contributed by atoms with Crippen LogP contribution >= 0.6 is 0 Å². The molecule has 0 spiro atoms. The molecule has 12 heavy (non-hydrogen) atoms. The molecule has 1 heterocycles. The van der Waals surface area contributed by atoms with Crippen LogP contribution < -0.4 is 0 Å². The lowest BCUT2D eigenvalue weighted by Crippen LogP contribution is -2.11. The van der Waals surface area contributed by atoms with Gasteiger partial charge in [0.1, 0.15) is 5.60 Å². The highest BCUT2D eigenvalue weighted by Crippen LogP contribution is 2.51. The average molecular weight is 163 g/mol.